The third kappa shape index (κ3) is 2.94. The van der Waals surface area contributed by atoms with E-state index in [4.69, 9.17) is 0 Å². The Morgan fingerprint density at radius 1 is 1.33 bits per heavy atom. The summed E-state index contributed by atoms with van der Waals surface area (Å²) >= 11 is 0. The van der Waals surface area contributed by atoms with E-state index in [1.807, 2.05) is 37.3 Å². The summed E-state index contributed by atoms with van der Waals surface area (Å²) in [7, 11) is 0. The lowest BCUT2D eigenvalue weighted by atomic mass is 10.2. The highest BCUT2D eigenvalue weighted by Gasteiger charge is 2.13. The molecule has 0 saturated heterocycles. The maximum absolute atomic E-state index is 12.1. The summed E-state index contributed by atoms with van der Waals surface area (Å²) in [5.74, 6) is 0.0965. The fraction of sp³-hybridized carbons (Fsp3) is 0.308. The summed E-state index contributed by atoms with van der Waals surface area (Å²) in [4.78, 5) is 17.8. The number of rotatable bonds is 5. The van der Waals surface area contributed by atoms with E-state index in [9.17, 15) is 4.79 Å². The van der Waals surface area contributed by atoms with Crippen molar-refractivity contribution in [2.45, 2.75) is 19.9 Å². The Bertz CT molecular complexity index is 481. The third-order valence-electron chi connectivity index (χ3n) is 2.71. The molecular formula is C13H16N4O. The summed E-state index contributed by atoms with van der Waals surface area (Å²) in [6.45, 7) is 3.20. The van der Waals surface area contributed by atoms with Gasteiger partial charge in [0, 0.05) is 18.7 Å². The van der Waals surface area contributed by atoms with Gasteiger partial charge in [0.2, 0.25) is 5.91 Å². The van der Waals surface area contributed by atoms with Crippen LogP contribution in [0.2, 0.25) is 0 Å². The van der Waals surface area contributed by atoms with Crippen molar-refractivity contribution in [3.8, 4) is 0 Å². The topological polar surface area (TPSA) is 51.0 Å². The standard InChI is InChI=1S/C13H16N4O/c1-2-17(12-6-4-3-5-7-12)13(18)8-9-16-11-14-10-15-16/h3-7,10-11H,2,8-9H2,1H3. The van der Waals surface area contributed by atoms with Crippen LogP contribution in [0.25, 0.3) is 0 Å². The van der Waals surface area contributed by atoms with Crippen LogP contribution < -0.4 is 4.90 Å². The molecule has 18 heavy (non-hydrogen) atoms. The number of benzene rings is 1. The molecule has 0 fully saturated rings. The first-order valence-corrected chi connectivity index (χ1v) is 5.99. The van der Waals surface area contributed by atoms with E-state index >= 15 is 0 Å². The molecule has 94 valence electrons. The molecule has 0 atom stereocenters. The first-order chi connectivity index (χ1) is 8.81. The van der Waals surface area contributed by atoms with Crippen molar-refractivity contribution in [1.82, 2.24) is 14.8 Å². The van der Waals surface area contributed by atoms with Crippen molar-refractivity contribution in [3.05, 3.63) is 43.0 Å². The normalized spacial score (nSPS) is 10.3. The summed E-state index contributed by atoms with van der Waals surface area (Å²) in [6.07, 6.45) is 3.51. The Morgan fingerprint density at radius 3 is 2.72 bits per heavy atom. The molecule has 5 nitrogen and oxygen atoms in total. The Balaban J connectivity index is 1.98. The maximum Gasteiger partial charge on any atom is 0.228 e. The van der Waals surface area contributed by atoms with Crippen molar-refractivity contribution in [2.24, 2.45) is 0 Å². The van der Waals surface area contributed by atoms with Crippen LogP contribution in [-0.4, -0.2) is 27.2 Å². The van der Waals surface area contributed by atoms with Crippen molar-refractivity contribution in [3.63, 3.8) is 0 Å². The minimum absolute atomic E-state index is 0.0965. The largest absolute Gasteiger partial charge is 0.313 e. The minimum Gasteiger partial charge on any atom is -0.313 e. The molecule has 2 aromatic rings. The highest BCUT2D eigenvalue weighted by Crippen LogP contribution is 2.14. The van der Waals surface area contributed by atoms with Gasteiger partial charge in [-0.25, -0.2) is 4.98 Å². The molecular weight excluding hydrogens is 228 g/mol. The number of para-hydroxylation sites is 1. The van der Waals surface area contributed by atoms with E-state index < -0.39 is 0 Å². The molecule has 1 aromatic carbocycles. The lowest BCUT2D eigenvalue weighted by Gasteiger charge is -2.20. The van der Waals surface area contributed by atoms with Crippen molar-refractivity contribution >= 4 is 11.6 Å². The van der Waals surface area contributed by atoms with Crippen LogP contribution >= 0.6 is 0 Å². The summed E-state index contributed by atoms with van der Waals surface area (Å²) in [5, 5.41) is 3.98. The number of aromatic nitrogens is 3. The smallest absolute Gasteiger partial charge is 0.228 e. The second-order valence-corrected chi connectivity index (χ2v) is 3.88. The molecule has 1 aromatic heterocycles. The number of hydrogen-bond acceptors (Lipinski definition) is 3. The molecule has 0 aliphatic carbocycles. The zero-order valence-corrected chi connectivity index (χ0v) is 10.4. The molecule has 0 unspecified atom stereocenters. The monoisotopic (exact) mass is 244 g/mol. The number of nitrogens with zero attached hydrogens (tertiary/aromatic N) is 4. The second kappa shape index (κ2) is 5.95. The summed E-state index contributed by atoms with van der Waals surface area (Å²) in [6, 6.07) is 9.69. The molecule has 0 radical (unpaired) electrons. The number of aryl methyl sites for hydroxylation is 1. The lowest BCUT2D eigenvalue weighted by Crippen LogP contribution is -2.31. The molecule has 1 amide bonds. The SMILES string of the molecule is CCN(C(=O)CCn1cncn1)c1ccccc1. The van der Waals surface area contributed by atoms with Gasteiger partial charge in [0.25, 0.3) is 0 Å². The van der Waals surface area contributed by atoms with Gasteiger partial charge in [-0.1, -0.05) is 18.2 Å². The number of anilines is 1. The third-order valence-corrected chi connectivity index (χ3v) is 2.71. The summed E-state index contributed by atoms with van der Waals surface area (Å²) in [5.41, 5.74) is 0.934. The van der Waals surface area contributed by atoms with Gasteiger partial charge >= 0.3 is 0 Å². The number of amides is 1. The predicted molar refractivity (Wildman–Crippen MR) is 69.1 cm³/mol. The van der Waals surface area contributed by atoms with Crippen molar-refractivity contribution < 1.29 is 4.79 Å². The van der Waals surface area contributed by atoms with E-state index in [0.717, 1.165) is 5.69 Å². The van der Waals surface area contributed by atoms with E-state index in [-0.39, 0.29) is 5.91 Å². The van der Waals surface area contributed by atoms with Gasteiger partial charge in [-0.2, -0.15) is 5.10 Å². The molecule has 0 bridgehead atoms. The summed E-state index contributed by atoms with van der Waals surface area (Å²) < 4.78 is 1.66. The van der Waals surface area contributed by atoms with Crippen LogP contribution in [0.4, 0.5) is 5.69 Å². The average molecular weight is 244 g/mol. The first-order valence-electron chi connectivity index (χ1n) is 5.99. The van der Waals surface area contributed by atoms with E-state index in [1.165, 1.54) is 6.33 Å². The number of carbonyl (C=O) groups is 1. The average Bonchev–Trinajstić information content (AvgIpc) is 2.92. The molecule has 5 heteroatoms. The van der Waals surface area contributed by atoms with Crippen molar-refractivity contribution in [1.29, 1.82) is 0 Å². The van der Waals surface area contributed by atoms with Crippen LogP contribution in [0.15, 0.2) is 43.0 Å². The fourth-order valence-electron chi connectivity index (χ4n) is 1.80. The number of carbonyl (C=O) groups excluding carboxylic acids is 1. The predicted octanol–water partition coefficient (Wildman–Crippen LogP) is 1.72. The molecule has 0 saturated carbocycles. The molecule has 1 heterocycles. The molecule has 2 rings (SSSR count). The lowest BCUT2D eigenvalue weighted by molar-refractivity contribution is -0.118. The minimum atomic E-state index is 0.0965. The Labute approximate surface area is 106 Å². The second-order valence-electron chi connectivity index (χ2n) is 3.88. The zero-order chi connectivity index (χ0) is 12.8. The highest BCUT2D eigenvalue weighted by molar-refractivity contribution is 5.93. The quantitative estimate of drug-likeness (QED) is 0.804. The van der Waals surface area contributed by atoms with Crippen LogP contribution in [0, 0.1) is 0 Å². The molecule has 0 spiro atoms. The molecule has 0 aliphatic rings. The first kappa shape index (κ1) is 12.3. The van der Waals surface area contributed by atoms with Gasteiger partial charge in [0.1, 0.15) is 12.7 Å². The van der Waals surface area contributed by atoms with Crippen LogP contribution in [0.5, 0.6) is 0 Å². The number of hydrogen-bond donors (Lipinski definition) is 0. The van der Waals surface area contributed by atoms with Gasteiger partial charge in [-0.3, -0.25) is 9.48 Å². The maximum atomic E-state index is 12.1. The van der Waals surface area contributed by atoms with Crippen LogP contribution in [0.3, 0.4) is 0 Å². The van der Waals surface area contributed by atoms with Crippen LogP contribution in [0.1, 0.15) is 13.3 Å². The Kier molecular flexibility index (Phi) is 4.06. The van der Waals surface area contributed by atoms with Gasteiger partial charge in [-0.05, 0) is 19.1 Å². The van der Waals surface area contributed by atoms with E-state index in [2.05, 4.69) is 10.1 Å². The van der Waals surface area contributed by atoms with Gasteiger partial charge < -0.3 is 4.90 Å². The van der Waals surface area contributed by atoms with Gasteiger partial charge in [0.05, 0.1) is 6.54 Å². The Hall–Kier alpha value is -2.17. The zero-order valence-electron chi connectivity index (χ0n) is 10.4. The fourth-order valence-corrected chi connectivity index (χ4v) is 1.80. The molecule has 0 aliphatic heterocycles. The van der Waals surface area contributed by atoms with Gasteiger partial charge in [-0.15, -0.1) is 0 Å². The highest BCUT2D eigenvalue weighted by atomic mass is 16.2. The van der Waals surface area contributed by atoms with Gasteiger partial charge in [0.15, 0.2) is 0 Å². The van der Waals surface area contributed by atoms with E-state index in [0.29, 0.717) is 19.5 Å². The van der Waals surface area contributed by atoms with E-state index in [1.54, 1.807) is 15.9 Å². The van der Waals surface area contributed by atoms with Crippen molar-refractivity contribution in [2.75, 3.05) is 11.4 Å². The van der Waals surface area contributed by atoms with Crippen LogP contribution in [-0.2, 0) is 11.3 Å². The Morgan fingerprint density at radius 2 is 2.11 bits per heavy atom. The molecule has 0 N–H and O–H groups in total.